The van der Waals surface area contributed by atoms with Gasteiger partial charge in [0, 0.05) is 37.0 Å². The average molecular weight is 457 g/mol. The van der Waals surface area contributed by atoms with E-state index in [0.29, 0.717) is 18.4 Å². The number of carbonyl (C=O) groups is 3. The van der Waals surface area contributed by atoms with E-state index >= 15 is 0 Å². The molecule has 0 radical (unpaired) electrons. The Hall–Kier alpha value is -2.89. The van der Waals surface area contributed by atoms with Gasteiger partial charge in [-0.2, -0.15) is 0 Å². The lowest BCUT2D eigenvalue weighted by molar-refractivity contribution is -0.144. The van der Waals surface area contributed by atoms with Gasteiger partial charge >= 0.3 is 17.9 Å². The molecule has 6 heteroatoms. The highest BCUT2D eigenvalue weighted by Gasteiger charge is 2.26. The van der Waals surface area contributed by atoms with E-state index in [9.17, 15) is 14.4 Å². The minimum atomic E-state index is -0.465. The molecular weight excluding hydrogens is 420 g/mol. The number of hydrogen-bond donors (Lipinski definition) is 0. The third kappa shape index (κ3) is 9.64. The molecule has 2 aliphatic heterocycles. The van der Waals surface area contributed by atoms with Gasteiger partial charge in [-0.25, -0.2) is 9.59 Å². The van der Waals surface area contributed by atoms with Crippen LogP contribution in [0.1, 0.15) is 73.1 Å². The predicted octanol–water partition coefficient (Wildman–Crippen LogP) is 5.45. The fourth-order valence-electron chi connectivity index (χ4n) is 3.77. The second kappa shape index (κ2) is 13.0. The predicted molar refractivity (Wildman–Crippen MR) is 127 cm³/mol. The molecule has 6 nitrogen and oxygen atoms in total. The van der Waals surface area contributed by atoms with Crippen LogP contribution in [0.15, 0.2) is 58.2 Å². The molecule has 2 heterocycles. The van der Waals surface area contributed by atoms with E-state index in [1.54, 1.807) is 0 Å². The molecule has 1 fully saturated rings. The van der Waals surface area contributed by atoms with Crippen LogP contribution in [-0.2, 0) is 28.6 Å². The maximum Gasteiger partial charge on any atom is 0.334 e. The van der Waals surface area contributed by atoms with Gasteiger partial charge in [0.25, 0.3) is 0 Å². The van der Waals surface area contributed by atoms with Gasteiger partial charge in [-0.3, -0.25) is 4.79 Å². The van der Waals surface area contributed by atoms with Crippen molar-refractivity contribution >= 4 is 17.9 Å². The van der Waals surface area contributed by atoms with E-state index < -0.39 is 12.1 Å². The van der Waals surface area contributed by atoms with E-state index in [0.717, 1.165) is 36.8 Å². The van der Waals surface area contributed by atoms with Gasteiger partial charge in [-0.05, 0) is 59.5 Å². The molecule has 2 atom stereocenters. The fraction of sp³-hybridized carbons (Fsp3) is 0.519. The van der Waals surface area contributed by atoms with Gasteiger partial charge < -0.3 is 14.2 Å². The normalized spacial score (nSPS) is 20.9. The number of esters is 3. The van der Waals surface area contributed by atoms with Crippen molar-refractivity contribution in [2.75, 3.05) is 6.61 Å². The van der Waals surface area contributed by atoms with Gasteiger partial charge in [0.15, 0.2) is 0 Å². The van der Waals surface area contributed by atoms with E-state index in [4.69, 9.17) is 14.2 Å². The maximum absolute atomic E-state index is 12.0. The van der Waals surface area contributed by atoms with Gasteiger partial charge in [0.05, 0.1) is 0 Å². The standard InChI is InChI=1S/C27H36O6/c1-18(2)14-24-15-22(27(30)33-24)11-7-10-19(3)8-6-9-20(4)12-13-25(32-21(5)28)23-16-26(29)31-17-23/h8,11-12,14,16,24-25H,6-7,9-10,13,15,17H2,1-5H3/b19-8+,20-12+,22-11-/t24?,25-/m1/s1. The van der Waals surface area contributed by atoms with Crippen LogP contribution in [0.25, 0.3) is 0 Å². The molecule has 0 aromatic rings. The zero-order valence-corrected chi connectivity index (χ0v) is 20.4. The second-order valence-electron chi connectivity index (χ2n) is 8.96. The topological polar surface area (TPSA) is 78.9 Å². The highest BCUT2D eigenvalue weighted by molar-refractivity contribution is 5.90. The number of hydrogen-bond acceptors (Lipinski definition) is 6. The minimum Gasteiger partial charge on any atom is -0.458 e. The van der Waals surface area contributed by atoms with Crippen LogP contribution in [0.5, 0.6) is 0 Å². The summed E-state index contributed by atoms with van der Waals surface area (Å²) >= 11 is 0. The first kappa shape index (κ1) is 26.4. The molecule has 0 spiro atoms. The van der Waals surface area contributed by atoms with Gasteiger partial charge in [0.1, 0.15) is 18.8 Å². The molecule has 1 saturated heterocycles. The summed E-state index contributed by atoms with van der Waals surface area (Å²) in [6.45, 7) is 9.71. The van der Waals surface area contributed by atoms with Crippen LogP contribution in [0.4, 0.5) is 0 Å². The maximum atomic E-state index is 12.0. The molecule has 0 aromatic heterocycles. The van der Waals surface area contributed by atoms with E-state index in [1.807, 2.05) is 26.0 Å². The van der Waals surface area contributed by atoms with Crippen LogP contribution >= 0.6 is 0 Å². The summed E-state index contributed by atoms with van der Waals surface area (Å²) in [5, 5.41) is 0. The zero-order valence-electron chi connectivity index (χ0n) is 20.4. The van der Waals surface area contributed by atoms with Gasteiger partial charge in [-0.1, -0.05) is 34.9 Å². The molecule has 0 bridgehead atoms. The smallest absolute Gasteiger partial charge is 0.334 e. The third-order valence-electron chi connectivity index (χ3n) is 5.51. The minimum absolute atomic E-state index is 0.126. The van der Waals surface area contributed by atoms with Crippen molar-refractivity contribution in [3.8, 4) is 0 Å². The fourth-order valence-corrected chi connectivity index (χ4v) is 3.77. The summed E-state index contributed by atoms with van der Waals surface area (Å²) in [6.07, 6.45) is 13.8. The molecule has 0 aromatic carbocycles. The van der Waals surface area contributed by atoms with Crippen LogP contribution in [0, 0.1) is 0 Å². The van der Waals surface area contributed by atoms with Crippen molar-refractivity contribution in [2.45, 2.75) is 85.4 Å². The largest absolute Gasteiger partial charge is 0.458 e. The summed E-state index contributed by atoms with van der Waals surface area (Å²) in [4.78, 5) is 34.7. The van der Waals surface area contributed by atoms with Crippen molar-refractivity contribution in [3.63, 3.8) is 0 Å². The van der Waals surface area contributed by atoms with Crippen molar-refractivity contribution in [3.05, 3.63) is 58.2 Å². The number of cyclic esters (lactones) is 2. The van der Waals surface area contributed by atoms with Crippen molar-refractivity contribution < 1.29 is 28.6 Å². The zero-order chi connectivity index (χ0) is 24.4. The Morgan fingerprint density at radius 2 is 1.79 bits per heavy atom. The lowest BCUT2D eigenvalue weighted by atomic mass is 10.0. The average Bonchev–Trinajstić information content (AvgIpc) is 3.29. The number of rotatable bonds is 11. The first-order valence-electron chi connectivity index (χ1n) is 11.5. The molecule has 33 heavy (non-hydrogen) atoms. The Balaban J connectivity index is 1.77. The third-order valence-corrected chi connectivity index (χ3v) is 5.51. The molecule has 180 valence electrons. The Labute approximate surface area is 197 Å². The summed E-state index contributed by atoms with van der Waals surface area (Å²) < 4.78 is 15.7. The van der Waals surface area contributed by atoms with Crippen LogP contribution in [-0.4, -0.2) is 36.7 Å². The van der Waals surface area contributed by atoms with Gasteiger partial charge in [0.2, 0.25) is 0 Å². The molecule has 2 aliphatic rings. The summed E-state index contributed by atoms with van der Waals surface area (Å²) in [7, 11) is 0. The quantitative estimate of drug-likeness (QED) is 0.178. The summed E-state index contributed by atoms with van der Waals surface area (Å²) in [5.74, 6) is -0.967. The Bertz CT molecular complexity index is 896. The Morgan fingerprint density at radius 3 is 2.42 bits per heavy atom. The highest BCUT2D eigenvalue weighted by Crippen LogP contribution is 2.24. The van der Waals surface area contributed by atoms with Crippen LogP contribution in [0.3, 0.4) is 0 Å². The van der Waals surface area contributed by atoms with Crippen molar-refractivity contribution in [2.24, 2.45) is 0 Å². The van der Waals surface area contributed by atoms with Crippen molar-refractivity contribution in [1.29, 1.82) is 0 Å². The number of ether oxygens (including phenoxy) is 3. The van der Waals surface area contributed by atoms with E-state index in [2.05, 4.69) is 26.0 Å². The number of allylic oxidation sites excluding steroid dienone is 5. The SMILES string of the molecule is CC(=O)O[C@H](C/C=C(\C)CC/C=C(\C)CC/C=C1/CC(C=C(C)C)OC1=O)C1=CC(=O)OC1. The molecule has 2 rings (SSSR count). The number of carbonyl (C=O) groups excluding carboxylic acids is 3. The Kier molecular flexibility index (Phi) is 10.4. The molecule has 0 aliphatic carbocycles. The van der Waals surface area contributed by atoms with Crippen molar-refractivity contribution in [1.82, 2.24) is 0 Å². The van der Waals surface area contributed by atoms with Crippen LogP contribution < -0.4 is 0 Å². The van der Waals surface area contributed by atoms with E-state index in [-0.39, 0.29) is 24.6 Å². The molecule has 0 N–H and O–H groups in total. The second-order valence-corrected chi connectivity index (χ2v) is 8.96. The molecular formula is C27H36O6. The monoisotopic (exact) mass is 456 g/mol. The summed E-state index contributed by atoms with van der Waals surface area (Å²) in [5.41, 5.74) is 5.11. The first-order valence-corrected chi connectivity index (χ1v) is 11.5. The lowest BCUT2D eigenvalue weighted by Gasteiger charge is -2.16. The first-order chi connectivity index (χ1) is 15.6. The molecule has 0 amide bonds. The van der Waals surface area contributed by atoms with Gasteiger partial charge in [-0.15, -0.1) is 0 Å². The highest BCUT2D eigenvalue weighted by atomic mass is 16.6. The molecule has 0 saturated carbocycles. The lowest BCUT2D eigenvalue weighted by Crippen LogP contribution is -2.19. The summed E-state index contributed by atoms with van der Waals surface area (Å²) in [6, 6.07) is 0. The Morgan fingerprint density at radius 1 is 1.09 bits per heavy atom. The molecule has 1 unspecified atom stereocenters. The van der Waals surface area contributed by atoms with E-state index in [1.165, 1.54) is 24.1 Å². The van der Waals surface area contributed by atoms with Crippen LogP contribution in [0.2, 0.25) is 0 Å².